The largest absolute Gasteiger partial charge is 0.341 e. The highest BCUT2D eigenvalue weighted by atomic mass is 16.2. The van der Waals surface area contributed by atoms with Crippen molar-refractivity contribution >= 4 is 45.2 Å². The normalized spacial score (nSPS) is 15.7. The number of benzene rings is 3. The number of hydrogen-bond acceptors (Lipinski definition) is 2. The Morgan fingerprint density at radius 2 is 1.62 bits per heavy atom. The molecule has 1 aliphatic rings. The smallest absolute Gasteiger partial charge is 0.280 e. The molecule has 0 spiro atoms. The van der Waals surface area contributed by atoms with Crippen LogP contribution in [0.1, 0.15) is 19.4 Å². The van der Waals surface area contributed by atoms with Gasteiger partial charge >= 0.3 is 0 Å². The van der Waals surface area contributed by atoms with Gasteiger partial charge in [-0.2, -0.15) is 10.1 Å². The molecule has 5 rings (SSSR count). The molecule has 1 amide bonds. The van der Waals surface area contributed by atoms with E-state index in [1.54, 1.807) is 0 Å². The van der Waals surface area contributed by atoms with Crippen LogP contribution in [0.3, 0.4) is 0 Å². The molecule has 4 nitrogen and oxygen atoms in total. The zero-order valence-electron chi connectivity index (χ0n) is 16.5. The molecule has 1 aromatic heterocycles. The van der Waals surface area contributed by atoms with Crippen molar-refractivity contribution in [1.29, 1.82) is 0 Å². The first-order chi connectivity index (χ1) is 14.2. The molecule has 4 aromatic rings. The van der Waals surface area contributed by atoms with Crippen LogP contribution in [0.25, 0.3) is 27.9 Å². The molecular weight excluding hydrogens is 358 g/mol. The Hall–Kier alpha value is -3.66. The van der Waals surface area contributed by atoms with Crippen molar-refractivity contribution < 1.29 is 4.79 Å². The molecule has 0 atom stereocenters. The minimum Gasteiger partial charge on any atom is -0.341 e. The van der Waals surface area contributed by atoms with Crippen LogP contribution in [0.2, 0.25) is 0 Å². The lowest BCUT2D eigenvalue weighted by atomic mass is 10.0. The molecule has 0 N–H and O–H groups in total. The van der Waals surface area contributed by atoms with Gasteiger partial charge in [0.2, 0.25) is 0 Å². The van der Waals surface area contributed by atoms with E-state index < -0.39 is 0 Å². The SMILES string of the molecule is CCn1c2ccccc2c2cc(C=C3C(=O)N(c4ccccc4)N=C3C)ccc21. The van der Waals surface area contributed by atoms with Gasteiger partial charge in [-0.05, 0) is 55.8 Å². The number of carbonyl (C=O) groups is 1. The van der Waals surface area contributed by atoms with E-state index in [0.29, 0.717) is 5.57 Å². The first-order valence-electron chi connectivity index (χ1n) is 9.85. The third-order valence-electron chi connectivity index (χ3n) is 5.49. The Labute approximate surface area is 169 Å². The number of carbonyl (C=O) groups excluding carboxylic acids is 1. The zero-order valence-corrected chi connectivity index (χ0v) is 16.5. The van der Waals surface area contributed by atoms with Crippen molar-refractivity contribution in [3.8, 4) is 0 Å². The molecule has 0 saturated heterocycles. The summed E-state index contributed by atoms with van der Waals surface area (Å²) in [5.41, 5.74) is 5.60. The maximum Gasteiger partial charge on any atom is 0.280 e. The van der Waals surface area contributed by atoms with Crippen molar-refractivity contribution in [2.75, 3.05) is 5.01 Å². The van der Waals surface area contributed by atoms with Crippen LogP contribution in [0.4, 0.5) is 5.69 Å². The predicted molar refractivity (Wildman–Crippen MR) is 120 cm³/mol. The number of aromatic nitrogens is 1. The number of hydrazone groups is 1. The van der Waals surface area contributed by atoms with Gasteiger partial charge in [-0.1, -0.05) is 42.5 Å². The molecule has 0 unspecified atom stereocenters. The van der Waals surface area contributed by atoms with E-state index in [1.807, 2.05) is 43.3 Å². The molecule has 0 bridgehead atoms. The Balaban J connectivity index is 1.60. The Kier molecular flexibility index (Phi) is 4.06. The lowest BCUT2D eigenvalue weighted by Gasteiger charge is -2.11. The highest BCUT2D eigenvalue weighted by Crippen LogP contribution is 2.31. The summed E-state index contributed by atoms with van der Waals surface area (Å²) in [6, 6.07) is 24.4. The second-order valence-corrected chi connectivity index (χ2v) is 7.23. The molecule has 0 saturated carbocycles. The maximum atomic E-state index is 13.0. The van der Waals surface area contributed by atoms with E-state index in [4.69, 9.17) is 0 Å². The van der Waals surface area contributed by atoms with Gasteiger partial charge in [0.15, 0.2) is 0 Å². The molecule has 0 aliphatic carbocycles. The highest BCUT2D eigenvalue weighted by molar-refractivity contribution is 6.32. The average molecular weight is 379 g/mol. The lowest BCUT2D eigenvalue weighted by Crippen LogP contribution is -2.21. The number of hydrogen-bond donors (Lipinski definition) is 0. The third kappa shape index (κ3) is 2.76. The standard InChI is InChI=1S/C25H21N3O/c1-3-27-23-12-8-7-11-20(23)22-16-18(13-14-24(22)27)15-21-17(2)26-28(25(21)29)19-9-5-4-6-10-19/h4-16H,3H2,1-2H3. The lowest BCUT2D eigenvalue weighted by molar-refractivity contribution is -0.114. The summed E-state index contributed by atoms with van der Waals surface area (Å²) >= 11 is 0. The summed E-state index contributed by atoms with van der Waals surface area (Å²) in [7, 11) is 0. The molecule has 142 valence electrons. The minimum absolute atomic E-state index is 0.0928. The fourth-order valence-corrected chi connectivity index (χ4v) is 4.10. The number of fused-ring (bicyclic) bond motifs is 3. The molecule has 0 radical (unpaired) electrons. The summed E-state index contributed by atoms with van der Waals surface area (Å²) in [5.74, 6) is -0.0928. The predicted octanol–water partition coefficient (Wildman–Crippen LogP) is 5.62. The van der Waals surface area contributed by atoms with Gasteiger partial charge < -0.3 is 4.57 Å². The Morgan fingerprint density at radius 3 is 2.41 bits per heavy atom. The molecule has 2 heterocycles. The van der Waals surface area contributed by atoms with Crippen LogP contribution >= 0.6 is 0 Å². The zero-order chi connectivity index (χ0) is 20.0. The number of amides is 1. The quantitative estimate of drug-likeness (QED) is 0.426. The second kappa shape index (κ2) is 6.74. The van der Waals surface area contributed by atoms with Crippen molar-refractivity contribution in [2.45, 2.75) is 20.4 Å². The van der Waals surface area contributed by atoms with E-state index in [9.17, 15) is 4.79 Å². The fraction of sp³-hybridized carbons (Fsp3) is 0.120. The number of nitrogens with zero attached hydrogens (tertiary/aromatic N) is 3. The number of rotatable bonds is 3. The number of anilines is 1. The summed E-state index contributed by atoms with van der Waals surface area (Å²) in [5, 5.41) is 8.39. The van der Waals surface area contributed by atoms with Gasteiger partial charge in [-0.3, -0.25) is 4.79 Å². The van der Waals surface area contributed by atoms with Crippen LogP contribution in [0.15, 0.2) is 83.5 Å². The van der Waals surface area contributed by atoms with Gasteiger partial charge in [-0.25, -0.2) is 0 Å². The summed E-state index contributed by atoms with van der Waals surface area (Å²) in [6.45, 7) is 4.96. The molecule has 1 aliphatic heterocycles. The van der Waals surface area contributed by atoms with Crippen molar-refractivity contribution in [2.24, 2.45) is 5.10 Å². The van der Waals surface area contributed by atoms with Gasteiger partial charge in [0.05, 0.1) is 17.0 Å². The van der Waals surface area contributed by atoms with Gasteiger partial charge in [0.25, 0.3) is 5.91 Å². The van der Waals surface area contributed by atoms with Crippen molar-refractivity contribution in [3.63, 3.8) is 0 Å². The average Bonchev–Trinajstić information content (AvgIpc) is 3.23. The van der Waals surface area contributed by atoms with E-state index in [1.165, 1.54) is 26.8 Å². The minimum atomic E-state index is -0.0928. The van der Waals surface area contributed by atoms with E-state index in [-0.39, 0.29) is 5.91 Å². The maximum absolute atomic E-state index is 13.0. The number of para-hydroxylation sites is 2. The summed E-state index contributed by atoms with van der Waals surface area (Å²) in [6.07, 6.45) is 1.95. The molecular formula is C25H21N3O. The molecule has 3 aromatic carbocycles. The van der Waals surface area contributed by atoms with Gasteiger partial charge in [-0.15, -0.1) is 0 Å². The van der Waals surface area contributed by atoms with Crippen LogP contribution in [0, 0.1) is 0 Å². The third-order valence-corrected chi connectivity index (χ3v) is 5.49. The van der Waals surface area contributed by atoms with Crippen molar-refractivity contribution in [1.82, 2.24) is 4.57 Å². The molecule has 29 heavy (non-hydrogen) atoms. The van der Waals surface area contributed by atoms with Gasteiger partial charge in [0, 0.05) is 28.4 Å². The van der Waals surface area contributed by atoms with Crippen LogP contribution in [-0.4, -0.2) is 16.2 Å². The van der Waals surface area contributed by atoms with E-state index >= 15 is 0 Å². The summed E-state index contributed by atoms with van der Waals surface area (Å²) < 4.78 is 2.33. The van der Waals surface area contributed by atoms with Gasteiger partial charge in [0.1, 0.15) is 0 Å². The molecule has 4 heteroatoms. The highest BCUT2D eigenvalue weighted by Gasteiger charge is 2.28. The first kappa shape index (κ1) is 17.4. The van der Waals surface area contributed by atoms with Crippen molar-refractivity contribution in [3.05, 3.63) is 83.9 Å². The molecule has 0 fully saturated rings. The van der Waals surface area contributed by atoms with Crippen LogP contribution in [-0.2, 0) is 11.3 Å². The summed E-state index contributed by atoms with van der Waals surface area (Å²) in [4.78, 5) is 13.0. The van der Waals surface area contributed by atoms with E-state index in [0.717, 1.165) is 23.5 Å². The van der Waals surface area contributed by atoms with Crippen LogP contribution < -0.4 is 5.01 Å². The van der Waals surface area contributed by atoms with E-state index in [2.05, 4.69) is 59.1 Å². The van der Waals surface area contributed by atoms with Crippen LogP contribution in [0.5, 0.6) is 0 Å². The monoisotopic (exact) mass is 379 g/mol. The second-order valence-electron chi connectivity index (χ2n) is 7.23. The number of aryl methyl sites for hydroxylation is 1. The first-order valence-corrected chi connectivity index (χ1v) is 9.85. The topological polar surface area (TPSA) is 37.6 Å². The Morgan fingerprint density at radius 1 is 0.897 bits per heavy atom. The Bertz CT molecular complexity index is 1310. The fourth-order valence-electron chi connectivity index (χ4n) is 4.10.